The van der Waals surface area contributed by atoms with Gasteiger partial charge in [-0.25, -0.2) is 14.4 Å². The van der Waals surface area contributed by atoms with Crippen LogP contribution in [0.3, 0.4) is 0 Å². The molecule has 0 bridgehead atoms. The fourth-order valence-corrected chi connectivity index (χ4v) is 4.51. The largest absolute Gasteiger partial charge is 0.487 e. The van der Waals surface area contributed by atoms with Crippen molar-refractivity contribution in [1.29, 1.82) is 0 Å². The van der Waals surface area contributed by atoms with Crippen molar-refractivity contribution in [2.75, 3.05) is 44.0 Å². The number of aliphatic hydroxyl groups is 2. The van der Waals surface area contributed by atoms with E-state index in [0.29, 0.717) is 47.9 Å². The molecule has 3 aromatic rings. The van der Waals surface area contributed by atoms with Gasteiger partial charge in [-0.3, -0.25) is 4.98 Å². The van der Waals surface area contributed by atoms with Gasteiger partial charge in [0.2, 0.25) is 0 Å². The predicted molar refractivity (Wildman–Crippen MR) is 152 cm³/mol. The Balaban J connectivity index is 0.000000530. The topological polar surface area (TPSA) is 127 Å². The number of aliphatic hydroxyl groups excluding tert-OH is 1. The number of fused-ring (bicyclic) bond motifs is 1. The number of aryl methyl sites for hydroxylation is 1. The SMILES string of the molecule is C1CCOC1.CCc1ccc(F)c(OC2CCN(c3nc4cnc(CC(C)(C)O)cc4nc3N)CC2)c1.CO. The summed E-state index contributed by atoms with van der Waals surface area (Å²) in [6, 6.07) is 6.86. The average molecular weight is 544 g/mol. The van der Waals surface area contributed by atoms with E-state index in [9.17, 15) is 9.50 Å². The highest BCUT2D eigenvalue weighted by atomic mass is 19.1. The van der Waals surface area contributed by atoms with Gasteiger partial charge in [-0.15, -0.1) is 0 Å². The van der Waals surface area contributed by atoms with Crippen molar-refractivity contribution in [2.45, 2.75) is 71.0 Å². The third-order valence-corrected chi connectivity index (χ3v) is 6.49. The molecule has 4 N–H and O–H groups in total. The quantitative estimate of drug-likeness (QED) is 0.422. The van der Waals surface area contributed by atoms with Gasteiger partial charge in [0, 0.05) is 58.4 Å². The van der Waals surface area contributed by atoms with Crippen molar-refractivity contribution in [3.63, 3.8) is 0 Å². The number of aromatic nitrogens is 3. The first-order valence-corrected chi connectivity index (χ1v) is 13.6. The molecule has 5 rings (SSSR count). The molecular weight excluding hydrogens is 501 g/mol. The standard InChI is InChI=1S/C24H30FN5O2.C4H8O.CH4O/c1-4-15-5-6-18(25)21(11-15)32-17-7-9-30(10-8-17)23-22(26)28-19-12-16(13-24(2,3)31)27-14-20(19)29-23;1-2-4-5-3-1;1-2/h5-6,11-12,14,17,31H,4,7-10,13H2,1-3H3,(H2,26,28);1-4H2;2H,1H3. The van der Waals surface area contributed by atoms with Gasteiger partial charge in [0.25, 0.3) is 0 Å². The molecule has 0 saturated carbocycles. The van der Waals surface area contributed by atoms with E-state index in [0.717, 1.165) is 50.8 Å². The highest BCUT2D eigenvalue weighted by Gasteiger charge is 2.25. The first-order valence-electron chi connectivity index (χ1n) is 13.6. The predicted octanol–water partition coefficient (Wildman–Crippen LogP) is 4.08. The van der Waals surface area contributed by atoms with Crippen LogP contribution in [-0.4, -0.2) is 70.3 Å². The smallest absolute Gasteiger partial charge is 0.172 e. The van der Waals surface area contributed by atoms with Crippen molar-refractivity contribution in [3.05, 3.63) is 47.5 Å². The summed E-state index contributed by atoms with van der Waals surface area (Å²) in [5.41, 5.74) is 8.49. The maximum atomic E-state index is 14.1. The minimum atomic E-state index is -0.854. The second kappa shape index (κ2) is 14.3. The van der Waals surface area contributed by atoms with Crippen LogP contribution in [-0.2, 0) is 17.6 Å². The van der Waals surface area contributed by atoms with Crippen LogP contribution in [0, 0.1) is 5.82 Å². The molecule has 0 atom stereocenters. The van der Waals surface area contributed by atoms with Crippen molar-refractivity contribution in [3.8, 4) is 5.75 Å². The Morgan fingerprint density at radius 3 is 2.38 bits per heavy atom. The number of nitrogens with zero attached hydrogens (tertiary/aromatic N) is 4. The number of halogens is 1. The summed E-state index contributed by atoms with van der Waals surface area (Å²) < 4.78 is 25.0. The molecule has 0 unspecified atom stereocenters. The number of rotatable bonds is 6. The zero-order valence-corrected chi connectivity index (χ0v) is 23.5. The van der Waals surface area contributed by atoms with E-state index in [1.807, 2.05) is 13.0 Å². The van der Waals surface area contributed by atoms with E-state index < -0.39 is 5.60 Å². The number of pyridine rings is 1. The van der Waals surface area contributed by atoms with Gasteiger partial charge in [0.15, 0.2) is 23.2 Å². The number of ether oxygens (including phenoxy) is 2. The third-order valence-electron chi connectivity index (χ3n) is 6.49. The molecule has 2 aliphatic rings. The zero-order chi connectivity index (χ0) is 28.4. The monoisotopic (exact) mass is 543 g/mol. The number of piperidine rings is 1. The fraction of sp³-hybridized carbons (Fsp3) is 0.552. The Kier molecular flexibility index (Phi) is 11.2. The van der Waals surface area contributed by atoms with Gasteiger partial charge in [0.1, 0.15) is 11.6 Å². The first-order chi connectivity index (χ1) is 18.7. The van der Waals surface area contributed by atoms with Crippen LogP contribution >= 0.6 is 0 Å². The van der Waals surface area contributed by atoms with E-state index in [-0.39, 0.29) is 11.9 Å². The van der Waals surface area contributed by atoms with E-state index in [4.69, 9.17) is 25.3 Å². The molecule has 1 aromatic carbocycles. The first kappa shape index (κ1) is 30.5. The van der Waals surface area contributed by atoms with Gasteiger partial charge in [-0.05, 0) is 56.9 Å². The Hall–Kier alpha value is -3.08. The number of nitrogens with two attached hydrogens (primary N) is 1. The molecule has 39 heavy (non-hydrogen) atoms. The molecule has 0 spiro atoms. The molecule has 0 amide bonds. The number of nitrogen functional groups attached to an aromatic ring is 1. The molecule has 0 aliphatic carbocycles. The van der Waals surface area contributed by atoms with Crippen LogP contribution in [0.2, 0.25) is 0 Å². The summed E-state index contributed by atoms with van der Waals surface area (Å²) in [5.74, 6) is 0.984. The highest BCUT2D eigenvalue weighted by molar-refractivity contribution is 5.79. The average Bonchev–Trinajstić information content (AvgIpc) is 3.51. The number of anilines is 2. The maximum Gasteiger partial charge on any atom is 0.172 e. The second-order valence-corrected chi connectivity index (χ2v) is 10.3. The maximum absolute atomic E-state index is 14.1. The van der Waals surface area contributed by atoms with Crippen LogP contribution in [0.25, 0.3) is 11.0 Å². The summed E-state index contributed by atoms with van der Waals surface area (Å²) >= 11 is 0. The Bertz CT molecular complexity index is 1180. The van der Waals surface area contributed by atoms with E-state index in [1.165, 1.54) is 18.9 Å². The van der Waals surface area contributed by atoms with Crippen molar-refractivity contribution >= 4 is 22.7 Å². The summed E-state index contributed by atoms with van der Waals surface area (Å²) in [6.07, 6.45) is 6.89. The van der Waals surface area contributed by atoms with Crippen LogP contribution in [0.5, 0.6) is 5.75 Å². The summed E-state index contributed by atoms with van der Waals surface area (Å²) in [7, 11) is 1.00. The molecule has 4 heterocycles. The minimum absolute atomic E-state index is 0.0615. The highest BCUT2D eigenvalue weighted by Crippen LogP contribution is 2.28. The normalized spacial score (nSPS) is 15.8. The van der Waals surface area contributed by atoms with E-state index in [2.05, 4.69) is 14.9 Å². The molecule has 2 fully saturated rings. The van der Waals surface area contributed by atoms with Gasteiger partial charge >= 0.3 is 0 Å². The van der Waals surface area contributed by atoms with Gasteiger partial charge in [-0.1, -0.05) is 13.0 Å². The molecule has 214 valence electrons. The number of hydrogen-bond donors (Lipinski definition) is 3. The summed E-state index contributed by atoms with van der Waals surface area (Å²) in [6.45, 7) is 8.89. The van der Waals surface area contributed by atoms with E-state index in [1.54, 1.807) is 32.2 Å². The molecule has 2 aromatic heterocycles. The molecule has 9 nitrogen and oxygen atoms in total. The van der Waals surface area contributed by atoms with Gasteiger partial charge in [0.05, 0.1) is 17.3 Å². The Morgan fingerprint density at radius 1 is 1.10 bits per heavy atom. The Morgan fingerprint density at radius 2 is 1.79 bits per heavy atom. The van der Waals surface area contributed by atoms with Gasteiger partial charge in [-0.2, -0.15) is 0 Å². The second-order valence-electron chi connectivity index (χ2n) is 10.3. The van der Waals surface area contributed by atoms with E-state index >= 15 is 0 Å². The minimum Gasteiger partial charge on any atom is -0.487 e. The Labute approximate surface area is 230 Å². The molecule has 0 radical (unpaired) electrons. The van der Waals surface area contributed by atoms with Crippen molar-refractivity contribution in [2.24, 2.45) is 0 Å². The number of hydrogen-bond acceptors (Lipinski definition) is 9. The van der Waals surface area contributed by atoms with Crippen LogP contribution in [0.15, 0.2) is 30.5 Å². The summed E-state index contributed by atoms with van der Waals surface area (Å²) in [4.78, 5) is 15.7. The van der Waals surface area contributed by atoms with Crippen LogP contribution < -0.4 is 15.4 Å². The molecule has 2 aliphatic heterocycles. The lowest BCUT2D eigenvalue weighted by Crippen LogP contribution is -2.39. The van der Waals surface area contributed by atoms with Crippen LogP contribution in [0.4, 0.5) is 16.0 Å². The lowest BCUT2D eigenvalue weighted by Gasteiger charge is -2.33. The molecule has 2 saturated heterocycles. The van der Waals surface area contributed by atoms with Crippen LogP contribution in [0.1, 0.15) is 57.7 Å². The van der Waals surface area contributed by atoms with Crippen molar-refractivity contribution < 1.29 is 24.1 Å². The molecule has 10 heteroatoms. The number of benzene rings is 1. The molecular formula is C29H42FN5O4. The van der Waals surface area contributed by atoms with Crippen molar-refractivity contribution in [1.82, 2.24) is 15.0 Å². The third kappa shape index (κ3) is 8.98. The zero-order valence-electron chi connectivity index (χ0n) is 23.5. The van der Waals surface area contributed by atoms with Gasteiger partial charge < -0.3 is 30.3 Å². The lowest BCUT2D eigenvalue weighted by atomic mass is 10.0. The fourth-order valence-electron chi connectivity index (χ4n) is 4.51. The lowest BCUT2D eigenvalue weighted by molar-refractivity contribution is 0.0800. The summed E-state index contributed by atoms with van der Waals surface area (Å²) in [5, 5.41) is 17.0.